The molecule has 1 atom stereocenters. The fourth-order valence-corrected chi connectivity index (χ4v) is 4.01. The van der Waals surface area contributed by atoms with Crippen molar-refractivity contribution >= 4 is 11.9 Å². The summed E-state index contributed by atoms with van der Waals surface area (Å²) in [6.07, 6.45) is -4.83. The first kappa shape index (κ1) is 26.7. The largest absolute Gasteiger partial charge is 0.466 e. The van der Waals surface area contributed by atoms with Crippen molar-refractivity contribution < 1.29 is 32.2 Å². The van der Waals surface area contributed by atoms with E-state index in [0.29, 0.717) is 51.5 Å². The number of alkyl halides is 3. The van der Waals surface area contributed by atoms with Crippen molar-refractivity contribution in [2.45, 2.75) is 32.0 Å². The van der Waals surface area contributed by atoms with Gasteiger partial charge in [0, 0.05) is 39.1 Å². The molecule has 1 aliphatic heterocycles. The number of piperazine rings is 1. The Labute approximate surface area is 203 Å². The van der Waals surface area contributed by atoms with Crippen molar-refractivity contribution in [2.24, 2.45) is 0 Å². The number of esters is 1. The van der Waals surface area contributed by atoms with E-state index in [4.69, 9.17) is 9.47 Å². The first-order chi connectivity index (χ1) is 16.8. The third-order valence-corrected chi connectivity index (χ3v) is 5.88. The highest BCUT2D eigenvalue weighted by atomic mass is 19.4. The van der Waals surface area contributed by atoms with Gasteiger partial charge in [-0.3, -0.25) is 14.5 Å². The molecule has 0 radical (unpaired) electrons. The summed E-state index contributed by atoms with van der Waals surface area (Å²) in [7, 11) is 0. The minimum atomic E-state index is -4.43. The second-order valence-electron chi connectivity index (χ2n) is 8.31. The van der Waals surface area contributed by atoms with Crippen LogP contribution in [0.4, 0.5) is 13.2 Å². The number of hydrogen-bond donors (Lipinski definition) is 0. The molecule has 1 saturated heterocycles. The van der Waals surface area contributed by atoms with Crippen molar-refractivity contribution in [3.8, 4) is 0 Å². The Kier molecular flexibility index (Phi) is 9.68. The van der Waals surface area contributed by atoms with Crippen molar-refractivity contribution in [1.82, 2.24) is 9.80 Å². The quantitative estimate of drug-likeness (QED) is 0.463. The van der Waals surface area contributed by atoms with Crippen LogP contribution in [0.3, 0.4) is 0 Å². The molecule has 0 bridgehead atoms. The molecule has 0 saturated carbocycles. The van der Waals surface area contributed by atoms with Crippen LogP contribution in [-0.2, 0) is 25.2 Å². The molecule has 2 aromatic rings. The van der Waals surface area contributed by atoms with E-state index in [1.165, 1.54) is 6.07 Å². The molecule has 1 amide bonds. The lowest BCUT2D eigenvalue weighted by atomic mass is 9.99. The summed E-state index contributed by atoms with van der Waals surface area (Å²) in [5, 5.41) is 0. The van der Waals surface area contributed by atoms with Crippen LogP contribution in [0.5, 0.6) is 0 Å². The number of rotatable bonds is 10. The number of hydrogen-bond acceptors (Lipinski definition) is 5. The Balaban J connectivity index is 1.53. The summed E-state index contributed by atoms with van der Waals surface area (Å²) in [5.41, 5.74) is 0.523. The van der Waals surface area contributed by atoms with E-state index >= 15 is 0 Å². The highest BCUT2D eigenvalue weighted by Crippen LogP contribution is 2.33. The van der Waals surface area contributed by atoms with Gasteiger partial charge in [0.15, 0.2) is 0 Å². The minimum absolute atomic E-state index is 0.0670. The molecule has 0 aliphatic carbocycles. The summed E-state index contributed by atoms with van der Waals surface area (Å²) in [5.74, 6) is -0.437. The SMILES string of the molecule is CCOC(=O)CCC(=O)N1CCN(CCOC(c2ccccc2)c2cccc(C(F)(F)F)c2)CC1. The van der Waals surface area contributed by atoms with E-state index in [1.807, 2.05) is 30.3 Å². The summed E-state index contributed by atoms with van der Waals surface area (Å²) < 4.78 is 50.7. The number of amides is 1. The normalized spacial score (nSPS) is 15.6. The van der Waals surface area contributed by atoms with Crippen molar-refractivity contribution in [3.63, 3.8) is 0 Å². The third-order valence-electron chi connectivity index (χ3n) is 5.88. The smallest absolute Gasteiger partial charge is 0.416 e. The van der Waals surface area contributed by atoms with Gasteiger partial charge >= 0.3 is 12.1 Å². The monoisotopic (exact) mass is 492 g/mol. The van der Waals surface area contributed by atoms with Gasteiger partial charge in [0.05, 0.1) is 25.2 Å². The molecule has 35 heavy (non-hydrogen) atoms. The van der Waals surface area contributed by atoms with E-state index in [1.54, 1.807) is 17.9 Å². The van der Waals surface area contributed by atoms with Crippen LogP contribution in [0.15, 0.2) is 54.6 Å². The van der Waals surface area contributed by atoms with Crippen LogP contribution in [-0.4, -0.2) is 67.6 Å². The molecule has 0 spiro atoms. The molecule has 1 unspecified atom stereocenters. The van der Waals surface area contributed by atoms with Crippen molar-refractivity contribution in [2.75, 3.05) is 45.9 Å². The zero-order valence-corrected chi connectivity index (χ0v) is 19.8. The lowest BCUT2D eigenvalue weighted by Gasteiger charge is -2.35. The Hall–Kier alpha value is -2.91. The number of carbonyl (C=O) groups is 2. The highest BCUT2D eigenvalue weighted by Gasteiger charge is 2.31. The number of halogens is 3. The first-order valence-corrected chi connectivity index (χ1v) is 11.8. The molecule has 6 nitrogen and oxygen atoms in total. The van der Waals surface area contributed by atoms with Crippen LogP contribution in [0.2, 0.25) is 0 Å². The zero-order chi connectivity index (χ0) is 25.3. The van der Waals surface area contributed by atoms with Gasteiger partial charge in [-0.2, -0.15) is 13.2 Å². The van der Waals surface area contributed by atoms with Gasteiger partial charge in [-0.15, -0.1) is 0 Å². The molecular weight excluding hydrogens is 461 g/mol. The van der Waals surface area contributed by atoms with Crippen LogP contribution >= 0.6 is 0 Å². The van der Waals surface area contributed by atoms with Gasteiger partial charge in [-0.1, -0.05) is 42.5 Å². The zero-order valence-electron chi connectivity index (χ0n) is 19.8. The average molecular weight is 493 g/mol. The number of benzene rings is 2. The molecule has 190 valence electrons. The average Bonchev–Trinajstić information content (AvgIpc) is 2.86. The van der Waals surface area contributed by atoms with E-state index in [-0.39, 0.29) is 24.7 Å². The summed E-state index contributed by atoms with van der Waals surface area (Å²) >= 11 is 0. The number of nitrogens with zero attached hydrogens (tertiary/aromatic N) is 2. The van der Waals surface area contributed by atoms with Crippen LogP contribution < -0.4 is 0 Å². The maximum absolute atomic E-state index is 13.2. The van der Waals surface area contributed by atoms with E-state index < -0.39 is 17.8 Å². The number of ether oxygens (including phenoxy) is 2. The van der Waals surface area contributed by atoms with Crippen LogP contribution in [0.25, 0.3) is 0 Å². The molecule has 1 fully saturated rings. The lowest BCUT2D eigenvalue weighted by molar-refractivity contribution is -0.146. The summed E-state index contributed by atoms with van der Waals surface area (Å²) in [4.78, 5) is 27.7. The van der Waals surface area contributed by atoms with Crippen LogP contribution in [0.1, 0.15) is 42.6 Å². The van der Waals surface area contributed by atoms with Gasteiger partial charge in [0.2, 0.25) is 5.91 Å². The fourth-order valence-electron chi connectivity index (χ4n) is 4.01. The molecule has 1 heterocycles. The maximum Gasteiger partial charge on any atom is 0.416 e. The minimum Gasteiger partial charge on any atom is -0.466 e. The Morgan fingerprint density at radius 3 is 2.29 bits per heavy atom. The van der Waals surface area contributed by atoms with Crippen LogP contribution in [0, 0.1) is 0 Å². The van der Waals surface area contributed by atoms with Gasteiger partial charge in [0.1, 0.15) is 6.10 Å². The molecule has 9 heteroatoms. The van der Waals surface area contributed by atoms with Crippen molar-refractivity contribution in [3.05, 3.63) is 71.3 Å². The van der Waals surface area contributed by atoms with Gasteiger partial charge < -0.3 is 14.4 Å². The predicted molar refractivity (Wildman–Crippen MR) is 125 cm³/mol. The topological polar surface area (TPSA) is 59.1 Å². The molecule has 2 aromatic carbocycles. The maximum atomic E-state index is 13.2. The second-order valence-corrected chi connectivity index (χ2v) is 8.31. The first-order valence-electron chi connectivity index (χ1n) is 11.8. The standard InChI is InChI=1S/C26H31F3N2O4/c1-2-34-24(33)12-11-23(32)31-15-13-30(14-16-31)17-18-35-25(20-7-4-3-5-8-20)21-9-6-10-22(19-21)26(27,28)29/h3-10,19,25H,2,11-18H2,1H3. The Morgan fingerprint density at radius 2 is 1.63 bits per heavy atom. The second kappa shape index (κ2) is 12.7. The molecule has 0 aromatic heterocycles. The van der Waals surface area contributed by atoms with Crippen molar-refractivity contribution in [1.29, 1.82) is 0 Å². The summed E-state index contributed by atoms with van der Waals surface area (Å²) in [6, 6.07) is 14.4. The predicted octanol–water partition coefficient (Wildman–Crippen LogP) is 4.30. The lowest BCUT2D eigenvalue weighted by Crippen LogP contribution is -2.49. The Bertz CT molecular complexity index is 961. The summed E-state index contributed by atoms with van der Waals surface area (Å²) in [6.45, 7) is 5.37. The van der Waals surface area contributed by atoms with Gasteiger partial charge in [-0.05, 0) is 30.2 Å². The van der Waals surface area contributed by atoms with Gasteiger partial charge in [-0.25, -0.2) is 0 Å². The van der Waals surface area contributed by atoms with E-state index in [2.05, 4.69) is 4.90 Å². The third kappa shape index (κ3) is 8.07. The molecule has 3 rings (SSSR count). The molecule has 0 N–H and O–H groups in total. The Morgan fingerprint density at radius 1 is 0.943 bits per heavy atom. The molecular formula is C26H31F3N2O4. The fraction of sp³-hybridized carbons (Fsp3) is 0.462. The van der Waals surface area contributed by atoms with E-state index in [9.17, 15) is 22.8 Å². The molecule has 1 aliphatic rings. The van der Waals surface area contributed by atoms with Gasteiger partial charge in [0.25, 0.3) is 0 Å². The number of carbonyl (C=O) groups excluding carboxylic acids is 2. The van der Waals surface area contributed by atoms with E-state index in [0.717, 1.165) is 17.7 Å². The highest BCUT2D eigenvalue weighted by molar-refractivity contribution is 5.81.